The van der Waals surface area contributed by atoms with Crippen LogP contribution in [0.15, 0.2) is 77.7 Å². The Morgan fingerprint density at radius 3 is 2.24 bits per heavy atom. The first-order chi connectivity index (χ1) is 20.0. The highest BCUT2D eigenvalue weighted by Gasteiger charge is 2.21. The minimum Gasteiger partial charge on any atom is -0.481 e. The molecule has 0 saturated heterocycles. The van der Waals surface area contributed by atoms with Gasteiger partial charge in [0.25, 0.3) is 0 Å². The maximum atomic E-state index is 12.7. The molecular weight excluding hydrogens is 548 g/mol. The Labute approximate surface area is 253 Å². The molecule has 0 spiro atoms. The van der Waals surface area contributed by atoms with E-state index in [2.05, 4.69) is 34.5 Å². The molecule has 1 unspecified atom stereocenters. The van der Waals surface area contributed by atoms with Crippen LogP contribution in [-0.4, -0.2) is 35.6 Å². The molecule has 224 valence electrons. The molecule has 8 nitrogen and oxygen atoms in total. The zero-order valence-electron chi connectivity index (χ0n) is 24.8. The molecule has 0 aliphatic heterocycles. The van der Waals surface area contributed by atoms with Gasteiger partial charge in [0.15, 0.2) is 0 Å². The van der Waals surface area contributed by atoms with E-state index < -0.39 is 12.0 Å². The van der Waals surface area contributed by atoms with Gasteiger partial charge in [-0.1, -0.05) is 61.9 Å². The van der Waals surface area contributed by atoms with Crippen molar-refractivity contribution in [3.05, 3.63) is 89.5 Å². The quantitative estimate of drug-likeness (QED) is 0.122. The Bertz CT molecular complexity index is 1330. The summed E-state index contributed by atoms with van der Waals surface area (Å²) >= 11 is 1.42. The van der Waals surface area contributed by atoms with E-state index in [4.69, 9.17) is 0 Å². The van der Waals surface area contributed by atoms with Crippen molar-refractivity contribution in [1.29, 1.82) is 0 Å². The third kappa shape index (κ3) is 12.0. The lowest BCUT2D eigenvalue weighted by Crippen LogP contribution is -2.42. The third-order valence-electron chi connectivity index (χ3n) is 7.05. The fraction of sp³-hybridized carbons (Fsp3) is 0.364. The molecule has 5 N–H and O–H groups in total. The molecule has 0 saturated carbocycles. The topological polar surface area (TPSA) is 120 Å². The van der Waals surface area contributed by atoms with E-state index in [1.165, 1.54) is 17.5 Å². The standard InChI is InChI=1S/C33H42N4O4S/c1-23-9-15-28(16-10-23)42-34-22-27(21-31(39)40)35-30(38)18-20-33(3,4)19-17-25-11-13-26(14-12-25)36-32(41)37-29-8-6-5-7-24(29)2/h5-16,27,34H,17-22H2,1-4H3,(H,35,38)(H,39,40)(H2,36,37,41). The Balaban J connectivity index is 1.40. The smallest absolute Gasteiger partial charge is 0.323 e. The van der Waals surface area contributed by atoms with Crippen LogP contribution in [0.4, 0.5) is 16.2 Å². The molecule has 0 aliphatic rings. The van der Waals surface area contributed by atoms with Gasteiger partial charge in [-0.3, -0.25) is 14.3 Å². The second kappa shape index (κ2) is 16.0. The zero-order valence-corrected chi connectivity index (χ0v) is 25.6. The number of amides is 3. The van der Waals surface area contributed by atoms with Crippen molar-refractivity contribution in [2.75, 3.05) is 17.2 Å². The molecule has 1 atom stereocenters. The number of para-hydroxylation sites is 1. The van der Waals surface area contributed by atoms with Crippen molar-refractivity contribution in [1.82, 2.24) is 10.0 Å². The zero-order chi connectivity index (χ0) is 30.5. The Morgan fingerprint density at radius 2 is 1.57 bits per heavy atom. The lowest BCUT2D eigenvalue weighted by atomic mass is 9.82. The molecule has 9 heteroatoms. The summed E-state index contributed by atoms with van der Waals surface area (Å²) in [7, 11) is 0. The normalized spacial score (nSPS) is 11.9. The number of carbonyl (C=O) groups excluding carboxylic acids is 2. The molecule has 0 bridgehead atoms. The number of carboxylic acids is 1. The number of urea groups is 1. The van der Waals surface area contributed by atoms with Crippen LogP contribution in [0.1, 0.15) is 56.2 Å². The van der Waals surface area contributed by atoms with Crippen LogP contribution in [0.3, 0.4) is 0 Å². The molecule has 0 aromatic heterocycles. The van der Waals surface area contributed by atoms with Gasteiger partial charge >= 0.3 is 12.0 Å². The van der Waals surface area contributed by atoms with Crippen molar-refractivity contribution in [2.45, 2.75) is 70.7 Å². The van der Waals surface area contributed by atoms with E-state index in [1.54, 1.807) is 0 Å². The fourth-order valence-corrected chi connectivity index (χ4v) is 5.05. The Morgan fingerprint density at radius 1 is 0.881 bits per heavy atom. The van der Waals surface area contributed by atoms with Gasteiger partial charge in [-0.15, -0.1) is 0 Å². The van der Waals surface area contributed by atoms with Crippen molar-refractivity contribution in [3.63, 3.8) is 0 Å². The van der Waals surface area contributed by atoms with Gasteiger partial charge in [-0.25, -0.2) is 4.79 Å². The molecule has 0 aliphatic carbocycles. The number of carboxylic acid groups (broad SMARTS) is 1. The number of hydrogen-bond donors (Lipinski definition) is 5. The van der Waals surface area contributed by atoms with Gasteiger partial charge in [0.1, 0.15) is 0 Å². The lowest BCUT2D eigenvalue weighted by molar-refractivity contribution is -0.137. The first kappa shape index (κ1) is 32.7. The minimum absolute atomic E-state index is 0.0798. The number of benzene rings is 3. The Kier molecular flexibility index (Phi) is 12.4. The number of nitrogens with one attached hydrogen (secondary N) is 4. The summed E-state index contributed by atoms with van der Waals surface area (Å²) in [6, 6.07) is 22.6. The molecule has 42 heavy (non-hydrogen) atoms. The second-order valence-corrected chi connectivity index (χ2v) is 12.3. The van der Waals surface area contributed by atoms with E-state index in [0.29, 0.717) is 25.1 Å². The van der Waals surface area contributed by atoms with Crippen LogP contribution in [0.25, 0.3) is 0 Å². The average Bonchev–Trinajstić information content (AvgIpc) is 2.94. The molecule has 0 radical (unpaired) electrons. The maximum absolute atomic E-state index is 12.7. The van der Waals surface area contributed by atoms with Gasteiger partial charge in [-0.2, -0.15) is 0 Å². The van der Waals surface area contributed by atoms with E-state index in [1.807, 2.05) is 86.6 Å². The van der Waals surface area contributed by atoms with Gasteiger partial charge in [0.05, 0.1) is 12.5 Å². The maximum Gasteiger partial charge on any atom is 0.323 e. The van der Waals surface area contributed by atoms with Crippen LogP contribution in [0.5, 0.6) is 0 Å². The predicted octanol–water partition coefficient (Wildman–Crippen LogP) is 6.94. The van der Waals surface area contributed by atoms with Gasteiger partial charge in [0, 0.05) is 29.2 Å². The summed E-state index contributed by atoms with van der Waals surface area (Å²) in [6.07, 6.45) is 2.59. The number of aryl methyl sites for hydroxylation is 3. The van der Waals surface area contributed by atoms with E-state index in [-0.39, 0.29) is 23.8 Å². The summed E-state index contributed by atoms with van der Waals surface area (Å²) in [4.78, 5) is 37.4. The molecule has 3 aromatic rings. The van der Waals surface area contributed by atoms with Crippen molar-refractivity contribution in [2.24, 2.45) is 5.41 Å². The van der Waals surface area contributed by atoms with Crippen LogP contribution >= 0.6 is 11.9 Å². The van der Waals surface area contributed by atoms with E-state index in [9.17, 15) is 19.5 Å². The number of rotatable bonds is 15. The Hall–Kier alpha value is -3.82. The lowest BCUT2D eigenvalue weighted by Gasteiger charge is -2.25. The molecule has 0 fully saturated rings. The fourth-order valence-electron chi connectivity index (χ4n) is 4.33. The van der Waals surface area contributed by atoms with Crippen LogP contribution < -0.4 is 20.7 Å². The summed E-state index contributed by atoms with van der Waals surface area (Å²) in [5.41, 5.74) is 4.72. The summed E-state index contributed by atoms with van der Waals surface area (Å²) in [5.74, 6) is -1.09. The highest BCUT2D eigenvalue weighted by Crippen LogP contribution is 2.29. The number of aliphatic carboxylic acids is 1. The first-order valence-corrected chi connectivity index (χ1v) is 15.0. The summed E-state index contributed by atoms with van der Waals surface area (Å²) in [5, 5.41) is 17.9. The van der Waals surface area contributed by atoms with Crippen molar-refractivity contribution in [3.8, 4) is 0 Å². The van der Waals surface area contributed by atoms with Crippen LogP contribution in [-0.2, 0) is 16.0 Å². The second-order valence-electron chi connectivity index (χ2n) is 11.4. The summed E-state index contributed by atoms with van der Waals surface area (Å²) in [6.45, 7) is 8.59. The molecule has 3 aromatic carbocycles. The monoisotopic (exact) mass is 590 g/mol. The molecule has 3 rings (SSSR count). The SMILES string of the molecule is Cc1ccc(SNCC(CC(=O)O)NC(=O)CCC(C)(C)CCc2ccc(NC(=O)Nc3ccccc3C)cc2)cc1. The number of hydrogen-bond acceptors (Lipinski definition) is 5. The molecular formula is C33H42N4O4S. The highest BCUT2D eigenvalue weighted by molar-refractivity contribution is 7.97. The third-order valence-corrected chi connectivity index (χ3v) is 7.87. The van der Waals surface area contributed by atoms with Crippen LogP contribution in [0.2, 0.25) is 0 Å². The average molecular weight is 591 g/mol. The van der Waals surface area contributed by atoms with Gasteiger partial charge in [-0.05, 0) is 91.9 Å². The highest BCUT2D eigenvalue weighted by atomic mass is 32.2. The van der Waals surface area contributed by atoms with Crippen LogP contribution in [0, 0.1) is 19.3 Å². The van der Waals surface area contributed by atoms with E-state index >= 15 is 0 Å². The van der Waals surface area contributed by atoms with E-state index in [0.717, 1.165) is 34.6 Å². The molecule has 3 amide bonds. The number of carbonyl (C=O) groups is 3. The van der Waals surface area contributed by atoms with Crippen molar-refractivity contribution < 1.29 is 19.5 Å². The minimum atomic E-state index is -0.948. The van der Waals surface area contributed by atoms with Gasteiger partial charge in [0.2, 0.25) is 5.91 Å². The number of anilines is 2. The summed E-state index contributed by atoms with van der Waals surface area (Å²) < 4.78 is 3.18. The predicted molar refractivity (Wildman–Crippen MR) is 171 cm³/mol. The van der Waals surface area contributed by atoms with Gasteiger partial charge < -0.3 is 21.1 Å². The molecule has 0 heterocycles. The van der Waals surface area contributed by atoms with Crippen molar-refractivity contribution >= 4 is 41.2 Å². The largest absolute Gasteiger partial charge is 0.481 e. The first-order valence-electron chi connectivity index (χ1n) is 14.2.